The number of hydrogen-bond acceptors (Lipinski definition) is 1. The van der Waals surface area contributed by atoms with Crippen LogP contribution < -0.4 is 0 Å². The number of aromatic nitrogens is 2. The molecule has 0 spiro atoms. The summed E-state index contributed by atoms with van der Waals surface area (Å²) in [5.41, 5.74) is 6.87. The smallest absolute Gasteiger partial charge is 0.111 e. The van der Waals surface area contributed by atoms with E-state index in [1.165, 1.54) is 54.2 Å². The van der Waals surface area contributed by atoms with E-state index in [4.69, 9.17) is 4.11 Å². The summed E-state index contributed by atoms with van der Waals surface area (Å²) >= 11 is 0. The Morgan fingerprint density at radius 1 is 0.500 bits per heavy atom. The van der Waals surface area contributed by atoms with Gasteiger partial charge in [-0.2, -0.15) is 0 Å². The number of benzene rings is 8. The van der Waals surface area contributed by atoms with Crippen molar-refractivity contribution in [1.29, 1.82) is 0 Å². The lowest BCUT2D eigenvalue weighted by molar-refractivity contribution is 1.00. The number of rotatable bonds is 3. The molecule has 0 amide bonds. The number of para-hydroxylation sites is 2. The Labute approximate surface area is 259 Å². The van der Waals surface area contributed by atoms with Gasteiger partial charge in [0.2, 0.25) is 0 Å². The number of fused-ring (bicyclic) bond motifs is 6. The van der Waals surface area contributed by atoms with Gasteiger partial charge in [-0.05, 0) is 103 Å². The zero-order chi connectivity index (χ0) is 31.7. The minimum absolute atomic E-state index is 0.0642. The highest BCUT2D eigenvalue weighted by molar-refractivity contribution is 6.25. The second-order valence-electron chi connectivity index (χ2n) is 11.3. The van der Waals surface area contributed by atoms with Crippen LogP contribution in [-0.2, 0) is 0 Å². The lowest BCUT2D eigenvalue weighted by Crippen LogP contribution is -1.97. The van der Waals surface area contributed by atoms with Crippen molar-refractivity contribution in [2.45, 2.75) is 6.85 Å². The Kier molecular flexibility index (Phi) is 4.80. The molecule has 0 saturated heterocycles. The monoisotopic (exact) mass is 563 g/mol. The highest BCUT2D eigenvalue weighted by Gasteiger charge is 2.19. The van der Waals surface area contributed by atoms with Crippen LogP contribution in [0, 0.1) is 6.85 Å². The first-order valence-electron chi connectivity index (χ1n) is 16.4. The topological polar surface area (TPSA) is 17.8 Å². The van der Waals surface area contributed by atoms with E-state index in [-0.39, 0.29) is 5.82 Å². The molecular weight excluding hydrogens is 532 g/mol. The minimum Gasteiger partial charge on any atom is -0.297 e. The minimum atomic E-state index is -2.35. The number of aryl methyl sites for hydroxylation is 1. The molecule has 206 valence electrons. The van der Waals surface area contributed by atoms with Gasteiger partial charge in [-0.25, -0.2) is 4.98 Å². The van der Waals surface area contributed by atoms with E-state index in [9.17, 15) is 0 Å². The molecule has 0 bridgehead atoms. The van der Waals surface area contributed by atoms with E-state index in [0.717, 1.165) is 22.3 Å². The number of hydrogen-bond donors (Lipinski definition) is 0. The van der Waals surface area contributed by atoms with Crippen LogP contribution in [0.25, 0.3) is 82.1 Å². The van der Waals surface area contributed by atoms with E-state index >= 15 is 0 Å². The van der Waals surface area contributed by atoms with Gasteiger partial charge < -0.3 is 0 Å². The first kappa shape index (κ1) is 21.9. The molecule has 0 saturated carbocycles. The zero-order valence-corrected chi connectivity index (χ0v) is 23.8. The van der Waals surface area contributed by atoms with Crippen LogP contribution in [0.5, 0.6) is 0 Å². The molecule has 0 unspecified atom stereocenters. The molecule has 2 heteroatoms. The molecule has 0 radical (unpaired) electrons. The van der Waals surface area contributed by atoms with Crippen molar-refractivity contribution < 1.29 is 4.11 Å². The van der Waals surface area contributed by atoms with Crippen LogP contribution in [-0.4, -0.2) is 9.55 Å². The normalized spacial score (nSPS) is 13.0. The standard InChI is InChI=1S/C42H28N2/c1-27-43-39-20-10-11-21-40(39)44(27)30-24-22-28(23-25-30)41-34-16-6-8-18-36(34)42(37-19-9-7-17-35(37)41)38-26-29-12-2-3-13-31(29)32-14-4-5-15-33(32)38/h2-26H,1H3/i1D3. The van der Waals surface area contributed by atoms with Crippen LogP contribution >= 0.6 is 0 Å². The summed E-state index contributed by atoms with van der Waals surface area (Å²) in [5, 5.41) is 9.67. The average Bonchev–Trinajstić information content (AvgIpc) is 3.51. The highest BCUT2D eigenvalue weighted by atomic mass is 15.1. The molecular formula is C42H28N2. The summed E-state index contributed by atoms with van der Waals surface area (Å²) in [6.45, 7) is -2.35. The number of imidazole rings is 1. The van der Waals surface area contributed by atoms with Crippen molar-refractivity contribution in [3.63, 3.8) is 0 Å². The van der Waals surface area contributed by atoms with E-state index in [2.05, 4.69) is 120 Å². The maximum Gasteiger partial charge on any atom is 0.111 e. The summed E-state index contributed by atoms with van der Waals surface area (Å²) in [4.78, 5) is 4.50. The van der Waals surface area contributed by atoms with Gasteiger partial charge >= 0.3 is 0 Å². The molecule has 0 fully saturated rings. The Morgan fingerprint density at radius 3 is 1.73 bits per heavy atom. The van der Waals surface area contributed by atoms with Crippen LogP contribution in [0.4, 0.5) is 0 Å². The second-order valence-corrected chi connectivity index (χ2v) is 11.3. The van der Waals surface area contributed by atoms with Gasteiger partial charge in [0.05, 0.1) is 11.0 Å². The van der Waals surface area contributed by atoms with Crippen molar-refractivity contribution in [2.24, 2.45) is 0 Å². The number of nitrogens with zero attached hydrogens (tertiary/aromatic N) is 2. The molecule has 1 heterocycles. The summed E-state index contributed by atoms with van der Waals surface area (Å²) in [6, 6.07) is 52.8. The van der Waals surface area contributed by atoms with Gasteiger partial charge in [0, 0.05) is 9.80 Å². The molecule has 1 aromatic heterocycles. The van der Waals surface area contributed by atoms with Crippen molar-refractivity contribution >= 4 is 54.1 Å². The molecule has 0 N–H and O–H groups in total. The van der Waals surface area contributed by atoms with Crippen molar-refractivity contribution in [3.8, 4) is 27.9 Å². The summed E-state index contributed by atoms with van der Waals surface area (Å²) < 4.78 is 26.3. The molecule has 0 aliphatic heterocycles. The fourth-order valence-corrected chi connectivity index (χ4v) is 7.06. The first-order chi connectivity index (χ1) is 23.0. The van der Waals surface area contributed by atoms with Crippen molar-refractivity contribution in [2.75, 3.05) is 0 Å². The van der Waals surface area contributed by atoms with E-state index < -0.39 is 6.85 Å². The predicted octanol–water partition coefficient (Wildman–Crippen LogP) is 11.3. The largest absolute Gasteiger partial charge is 0.297 e. The fourth-order valence-electron chi connectivity index (χ4n) is 7.06. The predicted molar refractivity (Wildman–Crippen MR) is 187 cm³/mol. The molecule has 2 nitrogen and oxygen atoms in total. The van der Waals surface area contributed by atoms with Gasteiger partial charge in [0.25, 0.3) is 0 Å². The molecule has 9 rings (SSSR count). The van der Waals surface area contributed by atoms with Gasteiger partial charge in [-0.3, -0.25) is 4.57 Å². The summed E-state index contributed by atoms with van der Waals surface area (Å²) in [7, 11) is 0. The Bertz CT molecular complexity index is 2610. The van der Waals surface area contributed by atoms with Crippen LogP contribution in [0.2, 0.25) is 0 Å². The van der Waals surface area contributed by atoms with Crippen molar-refractivity contribution in [3.05, 3.63) is 157 Å². The molecule has 9 aromatic rings. The maximum atomic E-state index is 8.19. The summed E-state index contributed by atoms with van der Waals surface area (Å²) in [5.74, 6) is 0.0642. The lowest BCUT2D eigenvalue weighted by Gasteiger charge is -2.20. The first-order valence-corrected chi connectivity index (χ1v) is 14.9. The Hall–Kier alpha value is -5.73. The summed E-state index contributed by atoms with van der Waals surface area (Å²) in [6.07, 6.45) is 0. The van der Waals surface area contributed by atoms with Crippen LogP contribution in [0.15, 0.2) is 152 Å². The third-order valence-electron chi connectivity index (χ3n) is 8.94. The lowest BCUT2D eigenvalue weighted by atomic mass is 9.84. The van der Waals surface area contributed by atoms with E-state index in [0.29, 0.717) is 5.52 Å². The second kappa shape index (κ2) is 9.65. The third-order valence-corrected chi connectivity index (χ3v) is 8.94. The van der Waals surface area contributed by atoms with Gasteiger partial charge in [0.1, 0.15) is 5.82 Å². The zero-order valence-electron chi connectivity index (χ0n) is 26.8. The third kappa shape index (κ3) is 3.64. The van der Waals surface area contributed by atoms with Crippen LogP contribution in [0.3, 0.4) is 0 Å². The SMILES string of the molecule is [2H]C([2H])([2H])c1nc2ccccc2n1-c1ccc(-c2c3ccccc3c(-c3cc4ccccc4c4ccccc34)c3ccccc23)cc1. The molecule has 44 heavy (non-hydrogen) atoms. The fraction of sp³-hybridized carbons (Fsp3) is 0.0238. The molecule has 0 aliphatic rings. The quantitative estimate of drug-likeness (QED) is 0.154. The van der Waals surface area contributed by atoms with Gasteiger partial charge in [0.15, 0.2) is 0 Å². The molecule has 0 aliphatic carbocycles. The molecule has 8 aromatic carbocycles. The van der Waals surface area contributed by atoms with E-state index in [1.807, 2.05) is 36.4 Å². The molecule has 0 atom stereocenters. The van der Waals surface area contributed by atoms with E-state index in [1.54, 1.807) is 4.57 Å². The van der Waals surface area contributed by atoms with Crippen LogP contribution in [0.1, 0.15) is 9.94 Å². The highest BCUT2D eigenvalue weighted by Crippen LogP contribution is 2.46. The maximum absolute atomic E-state index is 8.19. The Balaban J connectivity index is 1.31. The average molecular weight is 564 g/mol. The van der Waals surface area contributed by atoms with Crippen molar-refractivity contribution in [1.82, 2.24) is 9.55 Å². The Morgan fingerprint density at radius 2 is 1.05 bits per heavy atom. The van der Waals surface area contributed by atoms with Gasteiger partial charge in [-0.1, -0.05) is 121 Å². The van der Waals surface area contributed by atoms with Gasteiger partial charge in [-0.15, -0.1) is 0 Å².